The molecule has 1 aliphatic carbocycles. The number of hydrogen-bond acceptors (Lipinski definition) is 2. The zero-order valence-electron chi connectivity index (χ0n) is 10.3. The Balaban J connectivity index is 1.76. The van der Waals surface area contributed by atoms with Gasteiger partial charge in [0.2, 0.25) is 0 Å². The van der Waals surface area contributed by atoms with E-state index in [1.165, 1.54) is 24.8 Å². The first-order chi connectivity index (χ1) is 8.83. The van der Waals surface area contributed by atoms with Crippen LogP contribution in [0.15, 0.2) is 41.1 Å². The van der Waals surface area contributed by atoms with Gasteiger partial charge < -0.3 is 0 Å². The van der Waals surface area contributed by atoms with Crippen LogP contribution >= 0.6 is 11.3 Å². The fraction of sp³-hybridized carbons (Fsp3) is 0.312. The van der Waals surface area contributed by atoms with Crippen LogP contribution in [0.4, 0.5) is 0 Å². The molecule has 0 N–H and O–H groups in total. The maximum absolute atomic E-state index is 12.2. The number of ketones is 1. The second-order valence-electron chi connectivity index (χ2n) is 4.98. The first-order valence-corrected chi connectivity index (χ1v) is 7.41. The predicted molar refractivity (Wildman–Crippen MR) is 75.4 cm³/mol. The molecule has 0 saturated heterocycles. The van der Waals surface area contributed by atoms with Crippen molar-refractivity contribution >= 4 is 17.1 Å². The summed E-state index contributed by atoms with van der Waals surface area (Å²) in [5, 5.41) is 4.07. The van der Waals surface area contributed by atoms with Crippen LogP contribution in [0.1, 0.15) is 46.7 Å². The van der Waals surface area contributed by atoms with Crippen LogP contribution in [0, 0.1) is 0 Å². The van der Waals surface area contributed by atoms with Gasteiger partial charge in [-0.05, 0) is 52.8 Å². The Hall–Kier alpha value is -1.41. The number of rotatable bonds is 4. The first kappa shape index (κ1) is 11.7. The molecule has 1 aromatic heterocycles. The van der Waals surface area contributed by atoms with E-state index >= 15 is 0 Å². The molecule has 2 heteroatoms. The summed E-state index contributed by atoms with van der Waals surface area (Å²) in [6.07, 6.45) is 4.42. The van der Waals surface area contributed by atoms with E-state index in [9.17, 15) is 4.79 Å². The van der Waals surface area contributed by atoms with Crippen LogP contribution in [-0.2, 0) is 6.42 Å². The lowest BCUT2D eigenvalue weighted by Gasteiger charge is -2.26. The van der Waals surface area contributed by atoms with E-state index in [4.69, 9.17) is 0 Å². The fourth-order valence-corrected chi connectivity index (χ4v) is 3.06. The van der Waals surface area contributed by atoms with Gasteiger partial charge in [0.1, 0.15) is 0 Å². The van der Waals surface area contributed by atoms with Gasteiger partial charge in [-0.3, -0.25) is 4.79 Å². The zero-order chi connectivity index (χ0) is 12.4. The second-order valence-corrected chi connectivity index (χ2v) is 5.76. The van der Waals surface area contributed by atoms with E-state index in [1.54, 1.807) is 11.3 Å². The van der Waals surface area contributed by atoms with E-state index in [-0.39, 0.29) is 5.78 Å². The Labute approximate surface area is 111 Å². The Morgan fingerprint density at radius 3 is 2.83 bits per heavy atom. The molecule has 2 aromatic rings. The molecule has 1 saturated carbocycles. The lowest BCUT2D eigenvalue weighted by Crippen LogP contribution is -2.10. The van der Waals surface area contributed by atoms with Gasteiger partial charge in [-0.25, -0.2) is 0 Å². The molecule has 0 radical (unpaired) electrons. The Morgan fingerprint density at radius 2 is 2.17 bits per heavy atom. The number of thiophene rings is 1. The zero-order valence-corrected chi connectivity index (χ0v) is 11.1. The largest absolute Gasteiger partial charge is 0.294 e. The Morgan fingerprint density at radius 1 is 1.28 bits per heavy atom. The second kappa shape index (κ2) is 5.07. The van der Waals surface area contributed by atoms with Crippen molar-refractivity contribution in [2.24, 2.45) is 0 Å². The maximum Gasteiger partial charge on any atom is 0.167 e. The van der Waals surface area contributed by atoms with Crippen molar-refractivity contribution < 1.29 is 4.79 Å². The summed E-state index contributed by atoms with van der Waals surface area (Å²) < 4.78 is 0. The quantitative estimate of drug-likeness (QED) is 0.739. The number of Topliss-reactive ketones (excluding diaryl/α,β-unsaturated/α-hetero) is 1. The average molecular weight is 256 g/mol. The van der Waals surface area contributed by atoms with Gasteiger partial charge in [-0.15, -0.1) is 0 Å². The smallest absolute Gasteiger partial charge is 0.167 e. The minimum atomic E-state index is 0.231. The molecule has 1 aliphatic rings. The van der Waals surface area contributed by atoms with E-state index in [1.807, 2.05) is 29.0 Å². The molecule has 0 atom stereocenters. The molecule has 0 bridgehead atoms. The van der Waals surface area contributed by atoms with Crippen molar-refractivity contribution in [2.45, 2.75) is 31.6 Å². The van der Waals surface area contributed by atoms with Crippen LogP contribution in [-0.4, -0.2) is 5.78 Å². The van der Waals surface area contributed by atoms with Crippen molar-refractivity contribution in [1.29, 1.82) is 0 Å². The molecule has 1 aromatic carbocycles. The number of carbonyl (C=O) groups is 1. The molecule has 3 rings (SSSR count). The predicted octanol–water partition coefficient (Wildman–Crippen LogP) is 4.44. The minimum Gasteiger partial charge on any atom is -0.294 e. The summed E-state index contributed by atoms with van der Waals surface area (Å²) >= 11 is 1.65. The van der Waals surface area contributed by atoms with E-state index in [0.29, 0.717) is 12.3 Å². The van der Waals surface area contributed by atoms with E-state index < -0.39 is 0 Å². The lowest BCUT2D eigenvalue weighted by molar-refractivity contribution is 0.0993. The van der Waals surface area contributed by atoms with E-state index in [2.05, 4.69) is 12.1 Å². The van der Waals surface area contributed by atoms with Crippen molar-refractivity contribution in [2.75, 3.05) is 0 Å². The third-order valence-corrected chi connectivity index (χ3v) is 4.46. The number of carbonyl (C=O) groups excluding carboxylic acids is 1. The highest BCUT2D eigenvalue weighted by Crippen LogP contribution is 2.36. The topological polar surface area (TPSA) is 17.1 Å². The minimum absolute atomic E-state index is 0.231. The molecular formula is C16H16OS. The van der Waals surface area contributed by atoms with Gasteiger partial charge in [0.15, 0.2) is 5.78 Å². The van der Waals surface area contributed by atoms with Crippen molar-refractivity contribution in [3.8, 4) is 0 Å². The Bertz CT molecular complexity index is 538. The molecule has 1 heterocycles. The first-order valence-electron chi connectivity index (χ1n) is 6.47. The summed E-state index contributed by atoms with van der Waals surface area (Å²) in [5.74, 6) is 0.925. The average Bonchev–Trinajstić information content (AvgIpc) is 2.80. The van der Waals surface area contributed by atoms with Crippen LogP contribution in [0.3, 0.4) is 0 Å². The maximum atomic E-state index is 12.2. The van der Waals surface area contributed by atoms with Gasteiger partial charge in [0.05, 0.1) is 0 Å². The third-order valence-electron chi connectivity index (χ3n) is 3.73. The van der Waals surface area contributed by atoms with Gasteiger partial charge in [0.25, 0.3) is 0 Å². The molecule has 0 unspecified atom stereocenters. The van der Waals surface area contributed by atoms with Gasteiger partial charge in [-0.2, -0.15) is 11.3 Å². The molecule has 0 amide bonds. The van der Waals surface area contributed by atoms with Crippen LogP contribution in [0.5, 0.6) is 0 Å². The highest BCUT2D eigenvalue weighted by atomic mass is 32.1. The number of benzene rings is 1. The van der Waals surface area contributed by atoms with Crippen molar-refractivity contribution in [3.63, 3.8) is 0 Å². The molecule has 0 aliphatic heterocycles. The molecule has 18 heavy (non-hydrogen) atoms. The molecule has 1 nitrogen and oxygen atoms in total. The van der Waals surface area contributed by atoms with E-state index in [0.717, 1.165) is 11.1 Å². The monoisotopic (exact) mass is 256 g/mol. The van der Waals surface area contributed by atoms with Gasteiger partial charge in [0, 0.05) is 12.0 Å². The standard InChI is InChI=1S/C16H16OS/c17-16(9-12-7-8-18-11-12)15-6-2-5-14(10-15)13-3-1-4-13/h2,5-8,10-11,13H,1,3-4,9H2. The van der Waals surface area contributed by atoms with Crippen LogP contribution < -0.4 is 0 Å². The third kappa shape index (κ3) is 2.39. The van der Waals surface area contributed by atoms with Crippen LogP contribution in [0.2, 0.25) is 0 Å². The van der Waals surface area contributed by atoms with Gasteiger partial charge in [-0.1, -0.05) is 24.6 Å². The molecule has 92 valence electrons. The SMILES string of the molecule is O=C(Cc1ccsc1)c1cccc(C2CCC2)c1. The molecular weight excluding hydrogens is 240 g/mol. The summed E-state index contributed by atoms with van der Waals surface area (Å²) in [6.45, 7) is 0. The van der Waals surface area contributed by atoms with Crippen molar-refractivity contribution in [1.82, 2.24) is 0 Å². The van der Waals surface area contributed by atoms with Gasteiger partial charge >= 0.3 is 0 Å². The highest BCUT2D eigenvalue weighted by Gasteiger charge is 2.20. The van der Waals surface area contributed by atoms with Crippen LogP contribution in [0.25, 0.3) is 0 Å². The number of hydrogen-bond donors (Lipinski definition) is 0. The fourth-order valence-electron chi connectivity index (χ4n) is 2.39. The molecule has 0 spiro atoms. The van der Waals surface area contributed by atoms with Crippen molar-refractivity contribution in [3.05, 3.63) is 57.8 Å². The highest BCUT2D eigenvalue weighted by molar-refractivity contribution is 7.08. The lowest BCUT2D eigenvalue weighted by atomic mass is 9.79. The summed E-state index contributed by atoms with van der Waals surface area (Å²) in [7, 11) is 0. The summed E-state index contributed by atoms with van der Waals surface area (Å²) in [5.41, 5.74) is 3.34. The normalized spacial score (nSPS) is 15.3. The summed E-state index contributed by atoms with van der Waals surface area (Å²) in [6, 6.07) is 10.2. The Kier molecular flexibility index (Phi) is 3.28. The summed E-state index contributed by atoms with van der Waals surface area (Å²) in [4.78, 5) is 12.2. The molecule has 1 fully saturated rings.